The lowest BCUT2D eigenvalue weighted by atomic mass is 9.38. The zero-order chi connectivity index (χ0) is 28.8. The molecule has 2 saturated carbocycles. The topological polar surface area (TPSA) is 160 Å². The molecule has 1 heterocycles. The number of ether oxygens (including phenoxy) is 3. The summed E-state index contributed by atoms with van der Waals surface area (Å²) in [6, 6.07) is 8.14. The molecule has 3 aliphatic carbocycles. The molecule has 4 N–H and O–H groups in total. The number of carbonyl (C=O) groups excluding carboxylic acids is 3. The van der Waals surface area contributed by atoms with Gasteiger partial charge in [0.1, 0.15) is 23.9 Å². The van der Waals surface area contributed by atoms with Crippen LogP contribution in [0.25, 0.3) is 0 Å². The summed E-state index contributed by atoms with van der Waals surface area (Å²) in [5.41, 5.74) is -7.78. The highest BCUT2D eigenvalue weighted by atomic mass is 16.6. The van der Waals surface area contributed by atoms with E-state index in [4.69, 9.17) is 14.2 Å². The number of aliphatic hydroxyl groups is 4. The van der Waals surface area contributed by atoms with Gasteiger partial charge in [-0.3, -0.25) is 4.79 Å². The van der Waals surface area contributed by atoms with Crippen LogP contribution in [-0.2, 0) is 23.8 Å². The third-order valence-corrected chi connectivity index (χ3v) is 10.1. The van der Waals surface area contributed by atoms with E-state index in [-0.39, 0.29) is 24.8 Å². The van der Waals surface area contributed by atoms with Crippen molar-refractivity contribution >= 4 is 17.9 Å². The van der Waals surface area contributed by atoms with E-state index in [1.165, 1.54) is 6.92 Å². The van der Waals surface area contributed by atoms with E-state index in [9.17, 15) is 34.8 Å². The maximum atomic E-state index is 13.7. The Hall–Kier alpha value is -2.79. The second kappa shape index (κ2) is 8.60. The maximum absolute atomic E-state index is 13.7. The van der Waals surface area contributed by atoms with Crippen molar-refractivity contribution in [3.63, 3.8) is 0 Å². The van der Waals surface area contributed by atoms with Crippen molar-refractivity contribution in [3.8, 4) is 0 Å². The molecule has 1 saturated heterocycles. The highest BCUT2D eigenvalue weighted by Gasteiger charge is 2.83. The van der Waals surface area contributed by atoms with Crippen LogP contribution >= 0.6 is 0 Å². The molecule has 1 aromatic rings. The highest BCUT2D eigenvalue weighted by Crippen LogP contribution is 2.73. The average molecular weight is 545 g/mol. The van der Waals surface area contributed by atoms with Crippen LogP contribution in [0, 0.1) is 16.7 Å². The van der Waals surface area contributed by atoms with Crippen molar-refractivity contribution in [2.75, 3.05) is 6.61 Å². The monoisotopic (exact) mass is 544 g/mol. The van der Waals surface area contributed by atoms with Crippen molar-refractivity contribution in [1.82, 2.24) is 0 Å². The van der Waals surface area contributed by atoms with Gasteiger partial charge in [-0.15, -0.1) is 0 Å². The fourth-order valence-electron chi connectivity index (χ4n) is 8.13. The van der Waals surface area contributed by atoms with Crippen molar-refractivity contribution in [3.05, 3.63) is 47.0 Å². The van der Waals surface area contributed by atoms with E-state index in [1.54, 1.807) is 51.1 Å². The number of hydrogen-bond donors (Lipinski definition) is 4. The zero-order valence-corrected chi connectivity index (χ0v) is 22.8. The van der Waals surface area contributed by atoms with Crippen LogP contribution in [0.3, 0.4) is 0 Å². The quantitative estimate of drug-likeness (QED) is 0.248. The summed E-state index contributed by atoms with van der Waals surface area (Å²) in [7, 11) is 0. The molecular formula is C29H36O10. The van der Waals surface area contributed by atoms with Gasteiger partial charge in [0.05, 0.1) is 23.2 Å². The molecule has 5 rings (SSSR count). The molecule has 0 aromatic heterocycles. The molecule has 212 valence electrons. The van der Waals surface area contributed by atoms with E-state index in [1.807, 2.05) is 0 Å². The predicted molar refractivity (Wildman–Crippen MR) is 135 cm³/mol. The normalized spacial score (nSPS) is 42.2. The standard InChI is InChI=1S/C29H36O10/c1-15-11-20(32)27-13-18-26(5,29(36,22(15)27)24(34)39-25(27,3)4)19(31)12-21(38-16(2)30)28(18,35)14-37-23(33)17-9-7-6-8-10-17/h6-10,18-21,31-32,35-36H,11-14H2,1-5H3/t18?,19-,20+,21-,26-,27-,28+,29+/m0/s1. The summed E-state index contributed by atoms with van der Waals surface area (Å²) in [4.78, 5) is 38.7. The van der Waals surface area contributed by atoms with Crippen LogP contribution in [0.4, 0.5) is 0 Å². The third kappa shape index (κ3) is 3.38. The van der Waals surface area contributed by atoms with Crippen LogP contribution in [0.1, 0.15) is 64.2 Å². The van der Waals surface area contributed by atoms with Gasteiger partial charge in [-0.2, -0.15) is 0 Å². The van der Waals surface area contributed by atoms with Gasteiger partial charge in [0.25, 0.3) is 0 Å². The Kier molecular flexibility index (Phi) is 6.12. The molecule has 0 amide bonds. The number of cyclic esters (lactones) is 1. The number of carbonyl (C=O) groups is 3. The van der Waals surface area contributed by atoms with Crippen molar-refractivity contribution in [2.24, 2.45) is 16.7 Å². The van der Waals surface area contributed by atoms with Crippen molar-refractivity contribution in [2.45, 2.75) is 89.0 Å². The highest BCUT2D eigenvalue weighted by molar-refractivity contribution is 5.90. The minimum absolute atomic E-state index is 0.0475. The predicted octanol–water partition coefficient (Wildman–Crippen LogP) is 1.43. The molecule has 10 heteroatoms. The molecule has 0 spiro atoms. The number of esters is 3. The Morgan fingerprint density at radius 1 is 1.08 bits per heavy atom. The van der Waals surface area contributed by atoms with Gasteiger partial charge in [0.15, 0.2) is 5.60 Å². The van der Waals surface area contributed by atoms with Crippen LogP contribution in [0.5, 0.6) is 0 Å². The summed E-state index contributed by atoms with van der Waals surface area (Å²) in [6.07, 6.45) is -4.08. The first kappa shape index (κ1) is 27.8. The molecule has 10 nitrogen and oxygen atoms in total. The molecule has 39 heavy (non-hydrogen) atoms. The van der Waals surface area contributed by atoms with E-state index in [2.05, 4.69) is 0 Å². The average Bonchev–Trinajstić information content (AvgIpc) is 3.13. The van der Waals surface area contributed by atoms with Gasteiger partial charge in [-0.25, -0.2) is 9.59 Å². The van der Waals surface area contributed by atoms with Gasteiger partial charge in [0.2, 0.25) is 0 Å². The summed E-state index contributed by atoms with van der Waals surface area (Å²) in [5.74, 6) is -3.63. The minimum atomic E-state index is -2.41. The van der Waals surface area contributed by atoms with Crippen LogP contribution in [-0.4, -0.2) is 80.1 Å². The third-order valence-electron chi connectivity index (χ3n) is 10.1. The smallest absolute Gasteiger partial charge is 0.343 e. The number of aliphatic hydroxyl groups excluding tert-OH is 2. The van der Waals surface area contributed by atoms with Gasteiger partial charge >= 0.3 is 17.9 Å². The fraction of sp³-hybridized carbons (Fsp3) is 0.621. The lowest BCUT2D eigenvalue weighted by Crippen LogP contribution is -2.82. The molecule has 2 bridgehead atoms. The van der Waals surface area contributed by atoms with Gasteiger partial charge in [-0.1, -0.05) is 30.7 Å². The van der Waals surface area contributed by atoms with Crippen LogP contribution in [0.15, 0.2) is 41.5 Å². The Balaban J connectivity index is 1.68. The van der Waals surface area contributed by atoms with E-state index in [0.717, 1.165) is 6.92 Å². The van der Waals surface area contributed by atoms with E-state index in [0.29, 0.717) is 11.1 Å². The van der Waals surface area contributed by atoms with E-state index < -0.39 is 76.4 Å². The number of hydrogen-bond acceptors (Lipinski definition) is 10. The second-order valence-corrected chi connectivity index (χ2v) is 12.3. The minimum Gasteiger partial charge on any atom is -0.459 e. The number of fused-ring (bicyclic) bond motifs is 2. The Morgan fingerprint density at radius 3 is 2.33 bits per heavy atom. The van der Waals surface area contributed by atoms with Gasteiger partial charge in [0, 0.05) is 24.7 Å². The van der Waals surface area contributed by atoms with Crippen molar-refractivity contribution in [1.29, 1.82) is 0 Å². The van der Waals surface area contributed by atoms with Crippen LogP contribution in [0.2, 0.25) is 0 Å². The SMILES string of the molecule is CC(=O)O[C@H]1C[C@H](O)[C@]2(C)C(C[C@@]34C(=C(C)C[C@H]3O)[C@@]2(O)C(=O)OC4(C)C)[C@]1(O)COC(=O)c1ccccc1. The Bertz CT molecular complexity index is 1260. The molecule has 4 aliphatic rings. The van der Waals surface area contributed by atoms with E-state index >= 15 is 0 Å². The molecule has 8 atom stereocenters. The molecular weight excluding hydrogens is 508 g/mol. The fourth-order valence-corrected chi connectivity index (χ4v) is 8.13. The lowest BCUT2D eigenvalue weighted by Gasteiger charge is -2.70. The first-order valence-corrected chi connectivity index (χ1v) is 13.2. The van der Waals surface area contributed by atoms with Crippen molar-refractivity contribution < 1.29 is 49.0 Å². The number of benzene rings is 1. The Labute approximate surface area is 226 Å². The summed E-state index contributed by atoms with van der Waals surface area (Å²) in [5, 5.41) is 47.9. The summed E-state index contributed by atoms with van der Waals surface area (Å²) >= 11 is 0. The maximum Gasteiger partial charge on any atom is 0.343 e. The molecule has 3 fully saturated rings. The molecule has 1 aromatic carbocycles. The zero-order valence-electron chi connectivity index (χ0n) is 22.8. The summed E-state index contributed by atoms with van der Waals surface area (Å²) < 4.78 is 16.9. The molecule has 1 aliphatic heterocycles. The summed E-state index contributed by atoms with van der Waals surface area (Å²) in [6.45, 7) is 7.02. The second-order valence-electron chi connectivity index (χ2n) is 12.3. The Morgan fingerprint density at radius 2 is 1.72 bits per heavy atom. The lowest BCUT2D eigenvalue weighted by molar-refractivity contribution is -0.320. The first-order chi connectivity index (χ1) is 18.1. The largest absolute Gasteiger partial charge is 0.459 e. The van der Waals surface area contributed by atoms with Gasteiger partial charge < -0.3 is 34.6 Å². The number of rotatable bonds is 4. The molecule has 0 radical (unpaired) electrons. The van der Waals surface area contributed by atoms with Crippen LogP contribution < -0.4 is 0 Å². The molecule has 1 unspecified atom stereocenters. The van der Waals surface area contributed by atoms with Gasteiger partial charge in [-0.05, 0) is 51.3 Å². The first-order valence-electron chi connectivity index (χ1n) is 13.2.